The molecule has 3 unspecified atom stereocenters. The van der Waals surface area contributed by atoms with Crippen LogP contribution < -0.4 is 0 Å². The summed E-state index contributed by atoms with van der Waals surface area (Å²) in [6.45, 7) is 18.4. The molecule has 20 rings (SSSR count). The van der Waals surface area contributed by atoms with Gasteiger partial charge in [0.2, 0.25) is 0 Å². The first kappa shape index (κ1) is 40.7. The average molecular weight is 1160 g/mol. The average Bonchev–Trinajstić information content (AvgIpc) is 4.28. The third-order valence-corrected chi connectivity index (χ3v) is 20.2. The van der Waals surface area contributed by atoms with E-state index in [-0.39, 0.29) is 28.2 Å². The number of halogens is 2. The van der Waals surface area contributed by atoms with Gasteiger partial charge in [0, 0.05) is 42.9 Å². The van der Waals surface area contributed by atoms with Crippen molar-refractivity contribution in [2.24, 2.45) is 0 Å². The zero-order valence-corrected chi connectivity index (χ0v) is 45.5. The van der Waals surface area contributed by atoms with Gasteiger partial charge in [-0.15, -0.1) is 0 Å². The first-order valence-corrected chi connectivity index (χ1v) is 32.0. The second-order valence-corrected chi connectivity index (χ2v) is 29.0. The molecule has 3 nitrogen and oxygen atoms in total. The fourth-order valence-corrected chi connectivity index (χ4v) is 17.9. The number of likely N-dealkylation sites (tertiary alicyclic amines) is 1. The summed E-state index contributed by atoms with van der Waals surface area (Å²) in [5.41, 5.74) is 19.9. The third kappa shape index (κ3) is 4.31. The molecule has 1 saturated heterocycles. The number of rotatable bonds is 4. The molecule has 3 atom stereocenters. The van der Waals surface area contributed by atoms with E-state index >= 15 is 0 Å². The summed E-state index contributed by atoms with van der Waals surface area (Å²) >= 11 is -0.472. The molecule has 0 amide bonds. The predicted molar refractivity (Wildman–Crippen MR) is 303 cm³/mol. The Morgan fingerprint density at radius 2 is 1.01 bits per heavy atom. The van der Waals surface area contributed by atoms with Gasteiger partial charge in [0.05, 0.1) is 11.4 Å². The summed E-state index contributed by atoms with van der Waals surface area (Å²) in [6, 6.07) is 30.3. The van der Waals surface area contributed by atoms with Crippen molar-refractivity contribution in [2.75, 3.05) is 6.54 Å². The van der Waals surface area contributed by atoms with E-state index in [9.17, 15) is 0 Å². The Labute approximate surface area is 437 Å². The number of hydrogen-bond donors (Lipinski definition) is 0. The van der Waals surface area contributed by atoms with Crippen LogP contribution in [-0.4, -0.2) is 21.4 Å². The van der Waals surface area contributed by atoms with Crippen LogP contribution in [0.5, 0.6) is 0 Å². The summed E-state index contributed by atoms with van der Waals surface area (Å²) in [7, 11) is 9.75. The molecule has 0 bridgehead atoms. The quantitative estimate of drug-likeness (QED) is 0.165. The van der Waals surface area contributed by atoms with E-state index in [1.165, 1.54) is 38.6 Å². The molecule has 3 heterocycles. The molecule has 6 heteroatoms. The van der Waals surface area contributed by atoms with Crippen molar-refractivity contribution in [1.29, 1.82) is 0 Å². The molecule has 4 aliphatic carbocycles. The maximum atomic E-state index is 5.09. The van der Waals surface area contributed by atoms with Crippen LogP contribution >= 0.6 is 18.8 Å². The van der Waals surface area contributed by atoms with E-state index in [0.717, 1.165) is 43.7 Å². The minimum absolute atomic E-state index is 0.0307. The monoisotopic (exact) mass is 1160 g/mol. The molecule has 354 valence electrons. The zero-order valence-electron chi connectivity index (χ0n) is 41.7. The zero-order chi connectivity index (χ0) is 48.6. The summed E-state index contributed by atoms with van der Waals surface area (Å²) in [4.78, 5) is 13.0. The van der Waals surface area contributed by atoms with Gasteiger partial charge in [-0.1, -0.05) is 90.1 Å². The molecular weight excluding hydrogens is 1110 g/mol. The molecule has 0 N–H and O–H groups in total. The van der Waals surface area contributed by atoms with Gasteiger partial charge < -0.3 is 0 Å². The Morgan fingerprint density at radius 3 is 1.58 bits per heavy atom. The normalized spacial score (nSPS) is 20.3. The van der Waals surface area contributed by atoms with E-state index in [2.05, 4.69) is 132 Å². The topological polar surface area (TPSA) is 29.0 Å². The Bertz CT molecular complexity index is 4960. The number of aryl methyl sites for hydroxylation is 1. The van der Waals surface area contributed by atoms with Gasteiger partial charge in [-0.2, -0.15) is 0 Å². The molecule has 13 aromatic carbocycles. The minimum atomic E-state index is -0.472. The number of aromatic nitrogens is 2. The van der Waals surface area contributed by atoms with Crippen LogP contribution in [0.1, 0.15) is 120 Å². The van der Waals surface area contributed by atoms with Gasteiger partial charge in [0.15, 0.2) is 0 Å². The van der Waals surface area contributed by atoms with Crippen LogP contribution in [0.3, 0.4) is 0 Å². The van der Waals surface area contributed by atoms with Gasteiger partial charge in [0.25, 0.3) is 0 Å². The van der Waals surface area contributed by atoms with Crippen LogP contribution in [0.2, 0.25) is 0 Å². The SMILES string of the molecule is Cc1ccnc(-c2cc(C3C4c5cc6c7c8c(cc9cc%10c%11c%12c(cc%13cc%14c%15c(c%16c5c7c5c%16c7c%15c%13c%12c7c7c%11c9c8c57)C4(C%14)CN3Cc3cc(C(C)(C)C)cc(C(C)(C)C)c3)C%10)C6)ccn2)c1.[Cl][Pt][Cl]. The van der Waals surface area contributed by atoms with Gasteiger partial charge in [-0.05, 0) is 247 Å². The Hall–Kier alpha value is -5.67. The van der Waals surface area contributed by atoms with Crippen molar-refractivity contribution < 1.29 is 16.5 Å². The van der Waals surface area contributed by atoms with Crippen molar-refractivity contribution in [2.45, 2.75) is 102 Å². The fraction of sp³-hybridized carbons (Fsp3) is 0.254. The maximum absolute atomic E-state index is 5.09. The van der Waals surface area contributed by atoms with Crippen LogP contribution in [-0.2, 0) is 58.5 Å². The van der Waals surface area contributed by atoms with Gasteiger partial charge >= 0.3 is 35.3 Å². The van der Waals surface area contributed by atoms with E-state index in [1.807, 2.05) is 6.20 Å². The Balaban J connectivity index is 0.00000135. The predicted octanol–water partition coefficient (Wildman–Crippen LogP) is 17.6. The molecule has 1 spiro atoms. The molecule has 5 aliphatic rings. The van der Waals surface area contributed by atoms with E-state index in [4.69, 9.17) is 28.8 Å². The standard InChI is InChI=1S/C67H47N3.2ClH.Pt/c1-27-8-10-68-40(12-27)41-22-29(9-11-69-41)64-62-39-21-35-19-32-17-33-16-30-15-31-18-34-20-36-24-67(62,26-70(64)25-28-13-37(65(2,3)4)23-38(14-28)66(5,6)7)63-48(36)53-47(34)52-43(31)42(30)50-46(33)51-44(32)45(35)54-49(39)61(63)60-58(53)56(52)55(50)57(51)59(54)60;;;/h8-14,16-18,20-23,62,64H,15,19,24-26H2,1-7H3;2*1H;/q;;;+2/p-2. The van der Waals surface area contributed by atoms with Crippen molar-refractivity contribution >= 4 is 137 Å². The van der Waals surface area contributed by atoms with Crippen LogP contribution in [0.25, 0.3) is 130 Å². The van der Waals surface area contributed by atoms with E-state index in [1.54, 1.807) is 147 Å². The molecule has 73 heavy (non-hydrogen) atoms. The first-order valence-electron chi connectivity index (χ1n) is 26.4. The van der Waals surface area contributed by atoms with Crippen molar-refractivity contribution in [3.63, 3.8) is 0 Å². The summed E-state index contributed by atoms with van der Waals surface area (Å²) in [5, 5.41) is 34.9. The van der Waals surface area contributed by atoms with Crippen LogP contribution in [0.4, 0.5) is 0 Å². The molecule has 1 fully saturated rings. The van der Waals surface area contributed by atoms with Crippen LogP contribution in [0, 0.1) is 6.92 Å². The number of fused-ring (bicyclic) bond motifs is 1. The molecule has 0 saturated carbocycles. The van der Waals surface area contributed by atoms with Crippen LogP contribution in [0.15, 0.2) is 85.2 Å². The molecular formula is C67H47Cl2N3Pt. The first-order chi connectivity index (χ1) is 35.3. The second-order valence-electron chi connectivity index (χ2n) is 25.8. The summed E-state index contributed by atoms with van der Waals surface area (Å²) in [5.74, 6) is 0.240. The summed E-state index contributed by atoms with van der Waals surface area (Å²) in [6.07, 6.45) is 7.17. The van der Waals surface area contributed by atoms with Gasteiger partial charge in [0.1, 0.15) is 0 Å². The number of hydrogen-bond acceptors (Lipinski definition) is 3. The fourth-order valence-electron chi connectivity index (χ4n) is 17.9. The van der Waals surface area contributed by atoms with Crippen molar-refractivity contribution in [3.05, 3.63) is 152 Å². The van der Waals surface area contributed by atoms with Crippen molar-refractivity contribution in [3.8, 4) is 11.4 Å². The van der Waals surface area contributed by atoms with Crippen molar-refractivity contribution in [1.82, 2.24) is 14.9 Å². The molecule has 1 aliphatic heterocycles. The van der Waals surface area contributed by atoms with Gasteiger partial charge in [-0.25, -0.2) is 0 Å². The molecule has 15 aromatic rings. The number of pyridine rings is 2. The van der Waals surface area contributed by atoms with E-state index < -0.39 is 16.5 Å². The second kappa shape index (κ2) is 12.4. The third-order valence-electron chi connectivity index (χ3n) is 20.2. The Morgan fingerprint density at radius 1 is 0.534 bits per heavy atom. The number of nitrogens with zero attached hydrogens (tertiary/aromatic N) is 3. The van der Waals surface area contributed by atoms with E-state index in [0.29, 0.717) is 0 Å². The Kier molecular flexibility index (Phi) is 6.89. The van der Waals surface area contributed by atoms with Gasteiger partial charge in [-0.3, -0.25) is 14.9 Å². The molecule has 2 aromatic heterocycles. The summed E-state index contributed by atoms with van der Waals surface area (Å²) < 4.78 is 0. The number of benzene rings is 10. The molecule has 0 radical (unpaired) electrons.